The summed E-state index contributed by atoms with van der Waals surface area (Å²) < 4.78 is 0. The van der Waals surface area contributed by atoms with Crippen LogP contribution in [0.4, 0.5) is 0 Å². The average molecular weight is 234 g/mol. The molecular weight excluding hydrogens is 216 g/mol. The van der Waals surface area contributed by atoms with Gasteiger partial charge in [0.05, 0.1) is 5.69 Å². The van der Waals surface area contributed by atoms with Crippen LogP contribution >= 0.6 is 0 Å². The molecule has 92 valence electrons. The Bertz CT molecular complexity index is 414. The van der Waals surface area contributed by atoms with Gasteiger partial charge in [0.1, 0.15) is 5.82 Å². The zero-order valence-corrected chi connectivity index (χ0v) is 10.1. The zero-order chi connectivity index (χ0) is 12.3. The summed E-state index contributed by atoms with van der Waals surface area (Å²) in [5, 5.41) is 8.64. The number of hydrogen-bond acceptors (Lipinski definition) is 3. The van der Waals surface area contributed by atoms with Crippen LogP contribution in [0.2, 0.25) is 0 Å². The fourth-order valence-corrected chi connectivity index (χ4v) is 2.17. The van der Waals surface area contributed by atoms with E-state index in [2.05, 4.69) is 9.97 Å². The van der Waals surface area contributed by atoms with Crippen molar-refractivity contribution in [1.82, 2.24) is 9.97 Å². The van der Waals surface area contributed by atoms with Crippen molar-refractivity contribution >= 4 is 5.97 Å². The van der Waals surface area contributed by atoms with Gasteiger partial charge in [0.2, 0.25) is 0 Å². The number of nitrogens with zero attached hydrogens (tertiary/aromatic N) is 2. The quantitative estimate of drug-likeness (QED) is 0.850. The standard InChI is InChI=1S/C13H18N2O2/c1-9-14-8-11(6-3-7-12(16)17)13(15-9)10-4-2-5-10/h8,10H,2-7H2,1H3,(H,16,17). The molecule has 1 heterocycles. The second-order valence-electron chi connectivity index (χ2n) is 4.70. The van der Waals surface area contributed by atoms with Crippen molar-refractivity contribution < 1.29 is 9.90 Å². The number of hydrogen-bond donors (Lipinski definition) is 1. The zero-order valence-electron chi connectivity index (χ0n) is 10.1. The lowest BCUT2D eigenvalue weighted by atomic mass is 9.80. The summed E-state index contributed by atoms with van der Waals surface area (Å²) in [6.45, 7) is 1.91. The third-order valence-electron chi connectivity index (χ3n) is 3.35. The largest absolute Gasteiger partial charge is 0.481 e. The van der Waals surface area contributed by atoms with Gasteiger partial charge in [0.15, 0.2) is 0 Å². The molecule has 2 rings (SSSR count). The first-order valence-corrected chi connectivity index (χ1v) is 6.21. The van der Waals surface area contributed by atoms with E-state index < -0.39 is 5.97 Å². The Balaban J connectivity index is 2.06. The number of carboxylic acids is 1. The fourth-order valence-electron chi connectivity index (χ4n) is 2.17. The third kappa shape index (κ3) is 3.02. The first kappa shape index (κ1) is 12.0. The molecule has 4 heteroatoms. The Morgan fingerprint density at radius 3 is 2.88 bits per heavy atom. The van der Waals surface area contributed by atoms with Crippen molar-refractivity contribution in [3.05, 3.63) is 23.3 Å². The van der Waals surface area contributed by atoms with Gasteiger partial charge in [-0.1, -0.05) is 6.42 Å². The summed E-state index contributed by atoms with van der Waals surface area (Å²) in [5.41, 5.74) is 2.30. The average Bonchev–Trinajstić information content (AvgIpc) is 2.18. The van der Waals surface area contributed by atoms with Gasteiger partial charge in [-0.3, -0.25) is 4.79 Å². The number of rotatable bonds is 5. The summed E-state index contributed by atoms with van der Waals surface area (Å²) in [6.07, 6.45) is 7.24. The highest BCUT2D eigenvalue weighted by Crippen LogP contribution is 2.37. The smallest absolute Gasteiger partial charge is 0.303 e. The van der Waals surface area contributed by atoms with Gasteiger partial charge in [-0.2, -0.15) is 0 Å². The van der Waals surface area contributed by atoms with Gasteiger partial charge in [0, 0.05) is 18.5 Å². The lowest BCUT2D eigenvalue weighted by Crippen LogP contribution is -2.15. The van der Waals surface area contributed by atoms with Crippen molar-refractivity contribution in [3.8, 4) is 0 Å². The Morgan fingerprint density at radius 2 is 2.29 bits per heavy atom. The summed E-state index contributed by atoms with van der Waals surface area (Å²) in [7, 11) is 0. The molecule has 1 aliphatic rings. The SMILES string of the molecule is Cc1ncc(CCCC(=O)O)c(C2CCC2)n1. The number of aryl methyl sites for hydroxylation is 2. The molecule has 1 N–H and O–H groups in total. The maximum Gasteiger partial charge on any atom is 0.303 e. The van der Waals surface area contributed by atoms with Crippen LogP contribution in [0.3, 0.4) is 0 Å². The van der Waals surface area contributed by atoms with Gasteiger partial charge in [-0.05, 0) is 38.2 Å². The van der Waals surface area contributed by atoms with Gasteiger partial charge < -0.3 is 5.11 Å². The minimum Gasteiger partial charge on any atom is -0.481 e. The molecule has 0 aliphatic heterocycles. The van der Waals surface area contributed by atoms with Crippen LogP contribution in [-0.4, -0.2) is 21.0 Å². The van der Waals surface area contributed by atoms with Crippen LogP contribution in [0.15, 0.2) is 6.20 Å². The van der Waals surface area contributed by atoms with Crippen LogP contribution in [-0.2, 0) is 11.2 Å². The van der Waals surface area contributed by atoms with E-state index in [4.69, 9.17) is 5.11 Å². The topological polar surface area (TPSA) is 63.1 Å². The molecule has 0 saturated heterocycles. The Hall–Kier alpha value is -1.45. The van der Waals surface area contributed by atoms with Crippen molar-refractivity contribution in [2.24, 2.45) is 0 Å². The molecule has 1 aromatic rings. The maximum atomic E-state index is 10.5. The summed E-state index contributed by atoms with van der Waals surface area (Å²) in [5.74, 6) is 0.661. The maximum absolute atomic E-state index is 10.5. The first-order chi connectivity index (χ1) is 8.16. The number of aliphatic carboxylic acids is 1. The number of carboxylic acid groups (broad SMARTS) is 1. The minimum atomic E-state index is -0.733. The predicted octanol–water partition coefficient (Wildman–Crippen LogP) is 2.46. The Labute approximate surface area is 101 Å². The van der Waals surface area contributed by atoms with Gasteiger partial charge in [-0.25, -0.2) is 9.97 Å². The molecule has 1 aliphatic carbocycles. The van der Waals surface area contributed by atoms with Crippen LogP contribution in [0.25, 0.3) is 0 Å². The van der Waals surface area contributed by atoms with E-state index in [-0.39, 0.29) is 6.42 Å². The van der Waals surface area contributed by atoms with Crippen molar-refractivity contribution in [2.45, 2.75) is 51.4 Å². The van der Waals surface area contributed by atoms with E-state index >= 15 is 0 Å². The van der Waals surface area contributed by atoms with Gasteiger partial charge in [0.25, 0.3) is 0 Å². The number of aromatic nitrogens is 2. The van der Waals surface area contributed by atoms with Crippen LogP contribution < -0.4 is 0 Å². The molecule has 0 spiro atoms. The highest BCUT2D eigenvalue weighted by atomic mass is 16.4. The van der Waals surface area contributed by atoms with E-state index in [1.165, 1.54) is 19.3 Å². The molecular formula is C13H18N2O2. The number of carbonyl (C=O) groups is 1. The molecule has 4 nitrogen and oxygen atoms in total. The van der Waals surface area contributed by atoms with Gasteiger partial charge >= 0.3 is 5.97 Å². The lowest BCUT2D eigenvalue weighted by molar-refractivity contribution is -0.137. The highest BCUT2D eigenvalue weighted by Gasteiger charge is 2.23. The van der Waals surface area contributed by atoms with Crippen LogP contribution in [0.5, 0.6) is 0 Å². The summed E-state index contributed by atoms with van der Waals surface area (Å²) >= 11 is 0. The second-order valence-corrected chi connectivity index (χ2v) is 4.70. The molecule has 17 heavy (non-hydrogen) atoms. The normalized spacial score (nSPS) is 15.6. The molecule has 1 aromatic heterocycles. The monoisotopic (exact) mass is 234 g/mol. The summed E-state index contributed by atoms with van der Waals surface area (Å²) in [6, 6.07) is 0. The molecule has 0 atom stereocenters. The van der Waals surface area contributed by atoms with E-state index in [1.54, 1.807) is 0 Å². The van der Waals surface area contributed by atoms with E-state index in [1.807, 2.05) is 13.1 Å². The molecule has 0 radical (unpaired) electrons. The highest BCUT2D eigenvalue weighted by molar-refractivity contribution is 5.66. The molecule has 0 unspecified atom stereocenters. The van der Waals surface area contributed by atoms with Crippen molar-refractivity contribution in [1.29, 1.82) is 0 Å². The van der Waals surface area contributed by atoms with E-state index in [0.29, 0.717) is 12.3 Å². The molecule has 1 saturated carbocycles. The third-order valence-corrected chi connectivity index (χ3v) is 3.35. The van der Waals surface area contributed by atoms with Crippen LogP contribution in [0, 0.1) is 6.92 Å². The van der Waals surface area contributed by atoms with Gasteiger partial charge in [-0.15, -0.1) is 0 Å². The Kier molecular flexibility index (Phi) is 3.71. The van der Waals surface area contributed by atoms with Crippen LogP contribution in [0.1, 0.15) is 55.1 Å². The molecule has 0 aromatic carbocycles. The lowest BCUT2D eigenvalue weighted by Gasteiger charge is -2.26. The minimum absolute atomic E-state index is 0.220. The van der Waals surface area contributed by atoms with Crippen molar-refractivity contribution in [3.63, 3.8) is 0 Å². The summed E-state index contributed by atoms with van der Waals surface area (Å²) in [4.78, 5) is 19.3. The fraction of sp³-hybridized carbons (Fsp3) is 0.615. The van der Waals surface area contributed by atoms with E-state index in [9.17, 15) is 4.79 Å². The molecule has 0 amide bonds. The van der Waals surface area contributed by atoms with Crippen molar-refractivity contribution in [2.75, 3.05) is 0 Å². The first-order valence-electron chi connectivity index (χ1n) is 6.21. The van der Waals surface area contributed by atoms with E-state index in [0.717, 1.165) is 23.5 Å². The second kappa shape index (κ2) is 5.25. The molecule has 1 fully saturated rings. The Morgan fingerprint density at radius 1 is 1.53 bits per heavy atom. The molecule has 0 bridgehead atoms. The predicted molar refractivity (Wildman–Crippen MR) is 63.9 cm³/mol.